The third-order valence-corrected chi connectivity index (χ3v) is 1.57. The van der Waals surface area contributed by atoms with E-state index in [-0.39, 0.29) is 0 Å². The molecule has 0 aromatic heterocycles. The molecule has 0 saturated carbocycles. The maximum Gasteiger partial charge on any atom is 0.303 e. The van der Waals surface area contributed by atoms with Gasteiger partial charge in [0, 0.05) is 31.7 Å². The Morgan fingerprint density at radius 3 is 1.56 bits per heavy atom. The zero-order chi connectivity index (χ0) is 12.9. The molecule has 0 bridgehead atoms. The summed E-state index contributed by atoms with van der Waals surface area (Å²) in [6.07, 6.45) is -2.66. The van der Waals surface area contributed by atoms with Crippen LogP contribution in [0.15, 0.2) is 0 Å². The number of carboxylic acid groups (broad SMARTS) is 3. The number of aliphatic carboxylic acids is 3. The molecule has 8 nitrogen and oxygen atoms in total. The van der Waals surface area contributed by atoms with Gasteiger partial charge in [-0.1, -0.05) is 0 Å². The van der Waals surface area contributed by atoms with Gasteiger partial charge in [0.15, 0.2) is 5.60 Å². The number of hydrogen-bond donors (Lipinski definition) is 0. The van der Waals surface area contributed by atoms with Crippen molar-refractivity contribution in [3.63, 3.8) is 0 Å². The van der Waals surface area contributed by atoms with Crippen LogP contribution in [0.3, 0.4) is 0 Å². The monoisotopic (exact) mass is 231 g/mol. The van der Waals surface area contributed by atoms with E-state index in [1.807, 2.05) is 0 Å². The van der Waals surface area contributed by atoms with Crippen molar-refractivity contribution < 1.29 is 39.2 Å². The quantitative estimate of drug-likeness (QED) is 0.414. The summed E-state index contributed by atoms with van der Waals surface area (Å²) in [5.74, 6) is -7.10. The van der Waals surface area contributed by atoms with Crippen molar-refractivity contribution in [3.05, 3.63) is 0 Å². The zero-order valence-corrected chi connectivity index (χ0v) is 8.18. The Morgan fingerprint density at radius 2 is 1.38 bits per heavy atom. The Labute approximate surface area is 89.4 Å². The molecule has 0 aromatic carbocycles. The van der Waals surface area contributed by atoms with Gasteiger partial charge in [-0.05, 0) is 0 Å². The molecular weight excluding hydrogens is 224 g/mol. The molecule has 0 rings (SSSR count). The smallest absolute Gasteiger partial charge is 0.303 e. The van der Waals surface area contributed by atoms with Crippen LogP contribution >= 0.6 is 0 Å². The van der Waals surface area contributed by atoms with Crippen LogP contribution in [0, 0.1) is 0 Å². The SMILES string of the molecule is CC(=O)OC(CC(=O)[O-])(CC(=O)[O-])C(=O)[O-]. The molecule has 0 heterocycles. The van der Waals surface area contributed by atoms with Gasteiger partial charge in [0.2, 0.25) is 0 Å². The lowest BCUT2D eigenvalue weighted by Crippen LogP contribution is -2.56. The lowest BCUT2D eigenvalue weighted by Gasteiger charge is -2.34. The highest BCUT2D eigenvalue weighted by Gasteiger charge is 2.36. The zero-order valence-electron chi connectivity index (χ0n) is 8.18. The Morgan fingerprint density at radius 1 is 1.00 bits per heavy atom. The van der Waals surface area contributed by atoms with E-state index < -0.39 is 42.3 Å². The molecular formula is C8H7O8-3. The number of ether oxygens (including phenoxy) is 1. The van der Waals surface area contributed by atoms with Crippen LogP contribution in [-0.2, 0) is 23.9 Å². The van der Waals surface area contributed by atoms with E-state index in [1.54, 1.807) is 0 Å². The average molecular weight is 231 g/mol. The Bertz CT molecular complexity index is 290. The van der Waals surface area contributed by atoms with Crippen molar-refractivity contribution in [2.24, 2.45) is 0 Å². The van der Waals surface area contributed by atoms with Gasteiger partial charge in [-0.2, -0.15) is 0 Å². The first kappa shape index (κ1) is 13.9. The van der Waals surface area contributed by atoms with Crippen LogP contribution in [0.2, 0.25) is 0 Å². The fourth-order valence-electron chi connectivity index (χ4n) is 1.06. The molecule has 0 radical (unpaired) electrons. The first-order chi connectivity index (χ1) is 7.19. The van der Waals surface area contributed by atoms with Gasteiger partial charge in [0.25, 0.3) is 0 Å². The van der Waals surface area contributed by atoms with Crippen molar-refractivity contribution >= 4 is 23.9 Å². The number of rotatable bonds is 6. The van der Waals surface area contributed by atoms with Gasteiger partial charge < -0.3 is 34.4 Å². The second-order valence-corrected chi connectivity index (χ2v) is 2.97. The predicted octanol–water partition coefficient (Wildman–Crippen LogP) is -4.68. The fraction of sp³-hybridized carbons (Fsp3) is 0.500. The summed E-state index contributed by atoms with van der Waals surface area (Å²) in [6.45, 7) is 0.794. The number of hydrogen-bond acceptors (Lipinski definition) is 8. The van der Waals surface area contributed by atoms with E-state index in [2.05, 4.69) is 4.74 Å². The van der Waals surface area contributed by atoms with E-state index in [1.165, 1.54) is 0 Å². The van der Waals surface area contributed by atoms with Crippen molar-refractivity contribution in [2.75, 3.05) is 0 Å². The lowest BCUT2D eigenvalue weighted by molar-refractivity contribution is -0.340. The Kier molecular flexibility index (Phi) is 4.42. The van der Waals surface area contributed by atoms with Crippen LogP contribution in [0.25, 0.3) is 0 Å². The van der Waals surface area contributed by atoms with Crippen LogP contribution < -0.4 is 15.3 Å². The van der Waals surface area contributed by atoms with E-state index in [0.717, 1.165) is 6.92 Å². The van der Waals surface area contributed by atoms with Gasteiger partial charge in [-0.25, -0.2) is 0 Å². The Hall–Kier alpha value is -2.12. The molecule has 90 valence electrons. The fourth-order valence-corrected chi connectivity index (χ4v) is 1.06. The van der Waals surface area contributed by atoms with Crippen molar-refractivity contribution in [1.82, 2.24) is 0 Å². The lowest BCUT2D eigenvalue weighted by atomic mass is 9.95. The second-order valence-electron chi connectivity index (χ2n) is 2.97. The number of carbonyl (C=O) groups is 4. The molecule has 0 unspecified atom stereocenters. The van der Waals surface area contributed by atoms with Gasteiger partial charge in [0.1, 0.15) is 0 Å². The average Bonchev–Trinajstić information content (AvgIpc) is 1.98. The summed E-state index contributed by atoms with van der Waals surface area (Å²) in [5, 5.41) is 31.2. The molecule has 0 aliphatic carbocycles. The number of esters is 1. The summed E-state index contributed by atoms with van der Waals surface area (Å²) < 4.78 is 4.18. The van der Waals surface area contributed by atoms with Gasteiger partial charge in [-0.3, -0.25) is 4.79 Å². The van der Waals surface area contributed by atoms with E-state index in [0.29, 0.717) is 0 Å². The first-order valence-electron chi connectivity index (χ1n) is 4.00. The normalized spacial score (nSPS) is 10.6. The van der Waals surface area contributed by atoms with Gasteiger partial charge in [-0.15, -0.1) is 0 Å². The van der Waals surface area contributed by atoms with Crippen LogP contribution in [0.5, 0.6) is 0 Å². The summed E-state index contributed by atoms with van der Waals surface area (Å²) in [7, 11) is 0. The van der Waals surface area contributed by atoms with Crippen molar-refractivity contribution in [3.8, 4) is 0 Å². The molecule has 0 atom stereocenters. The standard InChI is InChI=1S/C8H10O8/c1-4(9)16-8(7(14)15,2-5(10)11)3-6(12)13/h2-3H2,1H3,(H,10,11)(H,12,13)(H,14,15)/p-3. The summed E-state index contributed by atoms with van der Waals surface area (Å²) in [6, 6.07) is 0. The molecule has 0 aliphatic rings. The maximum absolute atomic E-state index is 10.7. The van der Waals surface area contributed by atoms with Crippen LogP contribution in [0.1, 0.15) is 19.8 Å². The molecule has 8 heteroatoms. The van der Waals surface area contributed by atoms with Crippen molar-refractivity contribution in [2.45, 2.75) is 25.4 Å². The molecule has 0 saturated heterocycles. The van der Waals surface area contributed by atoms with Crippen molar-refractivity contribution in [1.29, 1.82) is 0 Å². The van der Waals surface area contributed by atoms with Gasteiger partial charge >= 0.3 is 5.97 Å². The first-order valence-corrected chi connectivity index (χ1v) is 4.00. The molecule has 0 aliphatic heterocycles. The van der Waals surface area contributed by atoms with E-state index in [4.69, 9.17) is 0 Å². The number of carboxylic acids is 3. The minimum absolute atomic E-state index is 0.794. The van der Waals surface area contributed by atoms with Crippen LogP contribution in [0.4, 0.5) is 0 Å². The molecule has 0 amide bonds. The van der Waals surface area contributed by atoms with Crippen LogP contribution in [-0.4, -0.2) is 29.5 Å². The molecule has 0 aromatic rings. The third-order valence-electron chi connectivity index (χ3n) is 1.57. The largest absolute Gasteiger partial charge is 0.550 e. The molecule has 0 spiro atoms. The number of carbonyl (C=O) groups excluding carboxylic acids is 4. The summed E-state index contributed by atoms with van der Waals surface area (Å²) in [4.78, 5) is 41.8. The maximum atomic E-state index is 10.7. The minimum atomic E-state index is -2.80. The summed E-state index contributed by atoms with van der Waals surface area (Å²) in [5.41, 5.74) is -2.80. The molecule has 0 N–H and O–H groups in total. The summed E-state index contributed by atoms with van der Waals surface area (Å²) >= 11 is 0. The topological polar surface area (TPSA) is 147 Å². The highest BCUT2D eigenvalue weighted by atomic mass is 16.6. The van der Waals surface area contributed by atoms with Gasteiger partial charge in [0.05, 0.1) is 5.97 Å². The third kappa shape index (κ3) is 3.95. The highest BCUT2D eigenvalue weighted by Crippen LogP contribution is 2.20. The molecule has 16 heavy (non-hydrogen) atoms. The Balaban J connectivity index is 5.19. The second kappa shape index (κ2) is 5.10. The predicted molar refractivity (Wildman–Crippen MR) is 38.8 cm³/mol. The molecule has 0 fully saturated rings. The van der Waals surface area contributed by atoms with E-state index in [9.17, 15) is 34.5 Å². The highest BCUT2D eigenvalue weighted by molar-refractivity contribution is 5.88. The minimum Gasteiger partial charge on any atom is -0.550 e. The van der Waals surface area contributed by atoms with E-state index >= 15 is 0 Å².